The van der Waals surface area contributed by atoms with Crippen LogP contribution in [0.1, 0.15) is 22.3 Å². The summed E-state index contributed by atoms with van der Waals surface area (Å²) in [7, 11) is 0. The maximum absolute atomic E-state index is 8.90. The van der Waals surface area contributed by atoms with Crippen LogP contribution < -0.4 is 0 Å². The fourth-order valence-corrected chi connectivity index (χ4v) is 3.17. The molecule has 146 valence electrons. The van der Waals surface area contributed by atoms with Crippen molar-refractivity contribution in [2.75, 3.05) is 0 Å². The van der Waals surface area contributed by atoms with Crippen LogP contribution in [0.2, 0.25) is 0 Å². The molecule has 0 saturated carbocycles. The van der Waals surface area contributed by atoms with E-state index in [0.717, 1.165) is 33.4 Å². The van der Waals surface area contributed by atoms with Gasteiger partial charge < -0.3 is 0 Å². The highest BCUT2D eigenvalue weighted by Crippen LogP contribution is 2.21. The lowest BCUT2D eigenvalue weighted by atomic mass is 10.0. The fraction of sp³-hybridized carbons (Fsp3) is 0. The lowest BCUT2D eigenvalue weighted by Gasteiger charge is -2.01. The molecule has 2 nitrogen and oxygen atoms in total. The minimum Gasteiger partial charge on any atom is -0.192 e. The molecule has 0 radical (unpaired) electrons. The van der Waals surface area contributed by atoms with Crippen LogP contribution in [0.25, 0.3) is 22.3 Å². The van der Waals surface area contributed by atoms with E-state index in [4.69, 9.17) is 10.5 Å². The highest BCUT2D eigenvalue weighted by molar-refractivity contribution is 5.66. The molecular formula is C30H16N2. The number of hydrogen-bond acceptors (Lipinski definition) is 2. The monoisotopic (exact) mass is 404 g/mol. The van der Waals surface area contributed by atoms with Crippen molar-refractivity contribution in [2.24, 2.45) is 0 Å². The summed E-state index contributed by atoms with van der Waals surface area (Å²) in [5.41, 5.74) is 7.38. The Bertz CT molecular complexity index is 1320. The number of rotatable bonds is 2. The number of nitrogens with zero attached hydrogens (tertiary/aromatic N) is 2. The molecule has 0 spiro atoms. The molecular weight excluding hydrogens is 388 g/mol. The third-order valence-electron chi connectivity index (χ3n) is 4.94. The van der Waals surface area contributed by atoms with Crippen molar-refractivity contribution in [1.82, 2.24) is 0 Å². The first-order valence-electron chi connectivity index (χ1n) is 9.98. The Morgan fingerprint density at radius 3 is 0.844 bits per heavy atom. The van der Waals surface area contributed by atoms with Gasteiger partial charge in [-0.25, -0.2) is 0 Å². The molecule has 0 aliphatic carbocycles. The molecule has 2 heteroatoms. The van der Waals surface area contributed by atoms with Gasteiger partial charge in [0.2, 0.25) is 0 Å². The van der Waals surface area contributed by atoms with Crippen molar-refractivity contribution in [3.05, 3.63) is 119 Å². The Labute approximate surface area is 188 Å². The molecule has 4 rings (SSSR count). The van der Waals surface area contributed by atoms with Crippen molar-refractivity contribution in [3.63, 3.8) is 0 Å². The third-order valence-corrected chi connectivity index (χ3v) is 4.94. The van der Waals surface area contributed by atoms with E-state index < -0.39 is 0 Å². The molecule has 0 heterocycles. The van der Waals surface area contributed by atoms with Gasteiger partial charge in [0.15, 0.2) is 0 Å². The summed E-state index contributed by atoms with van der Waals surface area (Å²) < 4.78 is 0. The van der Waals surface area contributed by atoms with Gasteiger partial charge in [0.05, 0.1) is 23.3 Å². The molecule has 32 heavy (non-hydrogen) atoms. The zero-order valence-electron chi connectivity index (χ0n) is 17.1. The SMILES string of the molecule is N#Cc1ccc(-c2ccc(C#CC#Cc3ccc(-c4ccc(C#N)cc4)cc3)cc2)cc1. The first kappa shape index (κ1) is 20.3. The van der Waals surface area contributed by atoms with Gasteiger partial charge in [-0.2, -0.15) is 10.5 Å². The average Bonchev–Trinajstić information content (AvgIpc) is 2.87. The summed E-state index contributed by atoms with van der Waals surface area (Å²) in [5, 5.41) is 17.8. The second-order valence-corrected chi connectivity index (χ2v) is 7.03. The Kier molecular flexibility index (Phi) is 6.11. The second-order valence-electron chi connectivity index (χ2n) is 7.03. The van der Waals surface area contributed by atoms with Crippen LogP contribution in [-0.2, 0) is 0 Å². The lowest BCUT2D eigenvalue weighted by Crippen LogP contribution is -1.81. The van der Waals surface area contributed by atoms with Crippen molar-refractivity contribution in [1.29, 1.82) is 10.5 Å². The van der Waals surface area contributed by atoms with Gasteiger partial charge in [-0.3, -0.25) is 0 Å². The van der Waals surface area contributed by atoms with Gasteiger partial charge in [0.1, 0.15) is 0 Å². The maximum Gasteiger partial charge on any atom is 0.0991 e. The summed E-state index contributed by atoms with van der Waals surface area (Å²) in [6.07, 6.45) is 0. The van der Waals surface area contributed by atoms with Crippen molar-refractivity contribution < 1.29 is 0 Å². The lowest BCUT2D eigenvalue weighted by molar-refractivity contribution is 1.48. The van der Waals surface area contributed by atoms with Crippen LogP contribution in [0.3, 0.4) is 0 Å². The van der Waals surface area contributed by atoms with E-state index in [1.807, 2.05) is 97.1 Å². The van der Waals surface area contributed by atoms with Crippen LogP contribution in [0, 0.1) is 46.3 Å². The quantitative estimate of drug-likeness (QED) is 0.375. The Morgan fingerprint density at radius 1 is 0.344 bits per heavy atom. The first-order valence-corrected chi connectivity index (χ1v) is 9.98. The molecule has 0 N–H and O–H groups in total. The normalized spacial score (nSPS) is 9.31. The Balaban J connectivity index is 1.41. The standard InChI is InChI=1S/C30H16N2/c31-21-25-9-17-29(18-10-25)27-13-5-23(6-14-27)3-1-2-4-24-7-15-28(16-8-24)30-19-11-26(22-32)12-20-30/h5-20H. The topological polar surface area (TPSA) is 47.6 Å². The van der Waals surface area contributed by atoms with Crippen molar-refractivity contribution >= 4 is 0 Å². The average molecular weight is 404 g/mol. The number of hydrogen-bond donors (Lipinski definition) is 0. The van der Waals surface area contributed by atoms with Crippen molar-refractivity contribution in [2.45, 2.75) is 0 Å². The molecule has 4 aromatic rings. The summed E-state index contributed by atoms with van der Waals surface area (Å²) >= 11 is 0. The van der Waals surface area contributed by atoms with Gasteiger partial charge in [0, 0.05) is 11.1 Å². The van der Waals surface area contributed by atoms with Gasteiger partial charge in [-0.15, -0.1) is 0 Å². The van der Waals surface area contributed by atoms with Crippen molar-refractivity contribution in [3.8, 4) is 58.1 Å². The fourth-order valence-electron chi connectivity index (χ4n) is 3.17. The summed E-state index contributed by atoms with van der Waals surface area (Å²) in [6, 6.07) is 35.2. The predicted octanol–water partition coefficient (Wildman–Crippen LogP) is 6.17. The second kappa shape index (κ2) is 9.65. The smallest absolute Gasteiger partial charge is 0.0991 e. The van der Waals surface area contributed by atoms with E-state index in [1.54, 1.807) is 0 Å². The van der Waals surface area contributed by atoms with E-state index in [9.17, 15) is 0 Å². The molecule has 0 bridgehead atoms. The largest absolute Gasteiger partial charge is 0.192 e. The van der Waals surface area contributed by atoms with E-state index in [1.165, 1.54) is 0 Å². The van der Waals surface area contributed by atoms with Crippen LogP contribution in [0.15, 0.2) is 97.1 Å². The number of nitriles is 2. The molecule has 0 saturated heterocycles. The predicted molar refractivity (Wildman–Crippen MR) is 127 cm³/mol. The van der Waals surface area contributed by atoms with E-state index >= 15 is 0 Å². The Morgan fingerprint density at radius 2 is 0.594 bits per heavy atom. The zero-order chi connectivity index (χ0) is 22.2. The third kappa shape index (κ3) is 4.93. The van der Waals surface area contributed by atoms with Crippen LogP contribution >= 0.6 is 0 Å². The molecule has 0 aliphatic heterocycles. The summed E-state index contributed by atoms with van der Waals surface area (Å²) in [5.74, 6) is 11.9. The van der Waals surface area contributed by atoms with Gasteiger partial charge in [-0.05, 0) is 82.6 Å². The Hall–Kier alpha value is -5.02. The molecule has 0 fully saturated rings. The molecule has 0 aromatic heterocycles. The molecule has 0 atom stereocenters. The van der Waals surface area contributed by atoms with E-state index in [-0.39, 0.29) is 0 Å². The van der Waals surface area contributed by atoms with Crippen LogP contribution in [0.4, 0.5) is 0 Å². The minimum atomic E-state index is 0.652. The highest BCUT2D eigenvalue weighted by Gasteiger charge is 1.99. The first-order chi connectivity index (χ1) is 15.7. The maximum atomic E-state index is 8.90. The van der Waals surface area contributed by atoms with Crippen LogP contribution in [-0.4, -0.2) is 0 Å². The van der Waals surface area contributed by atoms with Crippen LogP contribution in [0.5, 0.6) is 0 Å². The minimum absolute atomic E-state index is 0.652. The summed E-state index contributed by atoms with van der Waals surface area (Å²) in [6.45, 7) is 0. The van der Waals surface area contributed by atoms with Gasteiger partial charge in [-0.1, -0.05) is 60.4 Å². The van der Waals surface area contributed by atoms with Gasteiger partial charge >= 0.3 is 0 Å². The van der Waals surface area contributed by atoms with Gasteiger partial charge in [0.25, 0.3) is 0 Å². The zero-order valence-corrected chi connectivity index (χ0v) is 17.1. The van der Waals surface area contributed by atoms with E-state index in [2.05, 4.69) is 35.8 Å². The molecule has 0 amide bonds. The highest BCUT2D eigenvalue weighted by atomic mass is 14.2. The molecule has 0 unspecified atom stereocenters. The molecule has 0 aliphatic rings. The van der Waals surface area contributed by atoms with E-state index in [0.29, 0.717) is 11.1 Å². The summed E-state index contributed by atoms with van der Waals surface area (Å²) in [4.78, 5) is 0. The number of benzene rings is 4. The molecule has 4 aromatic carbocycles.